The molecule has 2 rings (SSSR count). The van der Waals surface area contributed by atoms with E-state index in [-0.39, 0.29) is 16.9 Å². The molecule has 0 aromatic heterocycles. The predicted octanol–water partition coefficient (Wildman–Crippen LogP) is 4.59. The van der Waals surface area contributed by atoms with E-state index in [4.69, 9.17) is 16.9 Å². The zero-order valence-corrected chi connectivity index (χ0v) is 11.6. The van der Waals surface area contributed by atoms with E-state index in [1.807, 2.05) is 6.07 Å². The van der Waals surface area contributed by atoms with Crippen LogP contribution in [0.4, 0.5) is 13.2 Å². The van der Waals surface area contributed by atoms with Gasteiger partial charge >= 0.3 is 6.36 Å². The molecule has 0 aliphatic rings. The summed E-state index contributed by atoms with van der Waals surface area (Å²) >= 11 is 6.03. The summed E-state index contributed by atoms with van der Waals surface area (Å²) in [5.74, 6) is -0.587. The maximum atomic E-state index is 12.2. The van der Waals surface area contributed by atoms with E-state index in [0.29, 0.717) is 16.7 Å². The molecule has 0 radical (unpaired) electrons. The molecule has 3 nitrogen and oxygen atoms in total. The third kappa shape index (κ3) is 3.57. The zero-order valence-electron chi connectivity index (χ0n) is 10.8. The topological polar surface area (TPSA) is 50.1 Å². The van der Waals surface area contributed by atoms with E-state index in [0.717, 1.165) is 6.07 Å². The molecule has 0 heterocycles. The van der Waals surface area contributed by atoms with Crippen molar-refractivity contribution >= 4 is 17.9 Å². The van der Waals surface area contributed by atoms with Crippen LogP contribution in [0.15, 0.2) is 36.4 Å². The predicted molar refractivity (Wildman–Crippen MR) is 73.7 cm³/mol. The molecule has 0 spiro atoms. The maximum Gasteiger partial charge on any atom is 0.573 e. The average molecular weight is 326 g/mol. The van der Waals surface area contributed by atoms with Crippen LogP contribution < -0.4 is 4.74 Å². The Balaban J connectivity index is 2.46. The quantitative estimate of drug-likeness (QED) is 0.775. The normalized spacial score (nSPS) is 10.9. The minimum absolute atomic E-state index is 0.250. The Morgan fingerprint density at radius 2 is 1.91 bits per heavy atom. The van der Waals surface area contributed by atoms with Crippen LogP contribution in [0.3, 0.4) is 0 Å². The number of halogens is 4. The molecule has 7 heteroatoms. The van der Waals surface area contributed by atoms with Crippen molar-refractivity contribution in [2.45, 2.75) is 6.36 Å². The molecular weight excluding hydrogens is 319 g/mol. The van der Waals surface area contributed by atoms with Crippen molar-refractivity contribution in [2.75, 3.05) is 0 Å². The van der Waals surface area contributed by atoms with E-state index >= 15 is 0 Å². The van der Waals surface area contributed by atoms with E-state index in [1.54, 1.807) is 6.07 Å². The summed E-state index contributed by atoms with van der Waals surface area (Å²) in [5.41, 5.74) is 1.02. The van der Waals surface area contributed by atoms with Crippen LogP contribution >= 0.6 is 11.6 Å². The molecule has 0 aliphatic heterocycles. The summed E-state index contributed by atoms with van der Waals surface area (Å²) < 4.78 is 40.5. The number of alkyl halides is 3. The van der Waals surface area contributed by atoms with Crippen LogP contribution in [0.2, 0.25) is 5.02 Å². The highest BCUT2D eigenvalue weighted by atomic mass is 35.5. The van der Waals surface area contributed by atoms with Crippen LogP contribution in [0, 0.1) is 11.3 Å². The van der Waals surface area contributed by atoms with Gasteiger partial charge in [0.05, 0.1) is 17.2 Å². The zero-order chi connectivity index (χ0) is 16.3. The van der Waals surface area contributed by atoms with Gasteiger partial charge < -0.3 is 4.74 Å². The van der Waals surface area contributed by atoms with Gasteiger partial charge in [-0.15, -0.1) is 13.2 Å². The molecule has 0 saturated heterocycles. The molecular formula is C15H7ClF3NO2. The molecule has 22 heavy (non-hydrogen) atoms. The smallest absolute Gasteiger partial charge is 0.405 e. The second-order valence-corrected chi connectivity index (χ2v) is 4.63. The number of hydrogen-bond acceptors (Lipinski definition) is 3. The highest BCUT2D eigenvalue weighted by Gasteiger charge is 2.32. The molecule has 0 saturated carbocycles. The Morgan fingerprint density at radius 1 is 1.18 bits per heavy atom. The van der Waals surface area contributed by atoms with Crippen molar-refractivity contribution in [3.05, 3.63) is 52.5 Å². The Morgan fingerprint density at radius 3 is 2.45 bits per heavy atom. The highest BCUT2D eigenvalue weighted by molar-refractivity contribution is 6.33. The van der Waals surface area contributed by atoms with Crippen LogP contribution in [-0.2, 0) is 0 Å². The fourth-order valence-corrected chi connectivity index (χ4v) is 2.13. The molecule has 2 aromatic rings. The Labute approximate surface area is 128 Å². The van der Waals surface area contributed by atoms with Crippen molar-refractivity contribution in [3.8, 4) is 22.9 Å². The number of nitriles is 1. The minimum Gasteiger partial charge on any atom is -0.405 e. The number of benzene rings is 2. The monoisotopic (exact) mass is 325 g/mol. The van der Waals surface area contributed by atoms with Gasteiger partial charge in [-0.2, -0.15) is 5.26 Å². The highest BCUT2D eigenvalue weighted by Crippen LogP contribution is 2.33. The number of carbonyl (C=O) groups is 1. The maximum absolute atomic E-state index is 12.2. The molecule has 0 N–H and O–H groups in total. The lowest BCUT2D eigenvalue weighted by molar-refractivity contribution is -0.274. The summed E-state index contributed by atoms with van der Waals surface area (Å²) in [6.45, 7) is 0. The molecule has 0 aliphatic carbocycles. The summed E-state index contributed by atoms with van der Waals surface area (Å²) in [6.07, 6.45) is -4.62. The fourth-order valence-electron chi connectivity index (χ4n) is 1.84. The summed E-state index contributed by atoms with van der Waals surface area (Å²) in [6, 6.07) is 10.0. The van der Waals surface area contributed by atoms with Crippen molar-refractivity contribution in [1.82, 2.24) is 0 Å². The Kier molecular flexibility index (Phi) is 4.38. The average Bonchev–Trinajstić information content (AvgIpc) is 2.46. The Hall–Kier alpha value is -2.52. The van der Waals surface area contributed by atoms with E-state index in [9.17, 15) is 18.0 Å². The standard InChI is InChI=1S/C15H7ClF3NO2/c16-13-5-9(7-20)1-3-12(13)10-2-4-14(11(6-10)8-21)22-15(17,18)19/h1-6,8H. The molecule has 0 fully saturated rings. The molecule has 112 valence electrons. The Bertz CT molecular complexity index is 766. The van der Waals surface area contributed by atoms with Gasteiger partial charge in [0.2, 0.25) is 0 Å². The van der Waals surface area contributed by atoms with Crippen LogP contribution in [0.1, 0.15) is 15.9 Å². The van der Waals surface area contributed by atoms with Gasteiger partial charge in [-0.05, 0) is 29.8 Å². The second kappa shape index (κ2) is 6.08. The molecule has 0 unspecified atom stereocenters. The van der Waals surface area contributed by atoms with Crippen molar-refractivity contribution < 1.29 is 22.7 Å². The number of aldehydes is 1. The van der Waals surface area contributed by atoms with Gasteiger partial charge in [0, 0.05) is 10.6 Å². The molecule has 0 amide bonds. The van der Waals surface area contributed by atoms with Crippen molar-refractivity contribution in [2.24, 2.45) is 0 Å². The molecule has 0 bridgehead atoms. The molecule has 0 atom stereocenters. The van der Waals surface area contributed by atoms with Crippen LogP contribution in [0.5, 0.6) is 5.75 Å². The first-order valence-electron chi connectivity index (χ1n) is 5.89. The number of hydrogen-bond donors (Lipinski definition) is 0. The first-order valence-corrected chi connectivity index (χ1v) is 6.27. The summed E-state index contributed by atoms with van der Waals surface area (Å²) in [7, 11) is 0. The van der Waals surface area contributed by atoms with Gasteiger partial charge in [-0.1, -0.05) is 23.7 Å². The summed E-state index contributed by atoms with van der Waals surface area (Å²) in [5, 5.41) is 9.02. The number of rotatable bonds is 3. The van der Waals surface area contributed by atoms with Gasteiger partial charge in [-0.3, -0.25) is 4.79 Å². The SMILES string of the molecule is N#Cc1ccc(-c2ccc(OC(F)(F)F)c(C=O)c2)c(Cl)c1. The number of nitrogens with zero attached hydrogens (tertiary/aromatic N) is 1. The third-order valence-electron chi connectivity index (χ3n) is 2.77. The lowest BCUT2D eigenvalue weighted by Gasteiger charge is -2.12. The first kappa shape index (κ1) is 15.9. The lowest BCUT2D eigenvalue weighted by Crippen LogP contribution is -2.18. The van der Waals surface area contributed by atoms with E-state index in [1.165, 1.54) is 24.3 Å². The third-order valence-corrected chi connectivity index (χ3v) is 3.08. The van der Waals surface area contributed by atoms with E-state index in [2.05, 4.69) is 4.74 Å². The van der Waals surface area contributed by atoms with Gasteiger partial charge in [0.25, 0.3) is 0 Å². The van der Waals surface area contributed by atoms with Crippen LogP contribution in [-0.4, -0.2) is 12.6 Å². The molecule has 2 aromatic carbocycles. The van der Waals surface area contributed by atoms with Crippen molar-refractivity contribution in [1.29, 1.82) is 5.26 Å². The second-order valence-electron chi connectivity index (χ2n) is 4.22. The largest absolute Gasteiger partial charge is 0.573 e. The number of carbonyl (C=O) groups excluding carboxylic acids is 1. The van der Waals surface area contributed by atoms with Gasteiger partial charge in [0.1, 0.15) is 5.75 Å². The van der Waals surface area contributed by atoms with Crippen LogP contribution in [0.25, 0.3) is 11.1 Å². The fraction of sp³-hybridized carbons (Fsp3) is 0.0667. The van der Waals surface area contributed by atoms with Gasteiger partial charge in [0.15, 0.2) is 6.29 Å². The minimum atomic E-state index is -4.88. The summed E-state index contributed by atoms with van der Waals surface area (Å²) in [4.78, 5) is 11.0. The number of ether oxygens (including phenoxy) is 1. The van der Waals surface area contributed by atoms with Crippen molar-refractivity contribution in [3.63, 3.8) is 0 Å². The first-order chi connectivity index (χ1) is 10.3. The van der Waals surface area contributed by atoms with Gasteiger partial charge in [-0.25, -0.2) is 0 Å². The lowest BCUT2D eigenvalue weighted by atomic mass is 10.0. The van der Waals surface area contributed by atoms with E-state index < -0.39 is 12.1 Å².